The van der Waals surface area contributed by atoms with Crippen LogP contribution < -0.4 is 0 Å². The summed E-state index contributed by atoms with van der Waals surface area (Å²) in [7, 11) is -3.79. The predicted octanol–water partition coefficient (Wildman–Crippen LogP) is -3.30. The zero-order chi connectivity index (χ0) is 22.0. The van der Waals surface area contributed by atoms with Gasteiger partial charge in [-0.3, -0.25) is 18.1 Å². The summed E-state index contributed by atoms with van der Waals surface area (Å²) in [6, 6.07) is -1.46. The molecule has 0 radical (unpaired) electrons. The molecular formula is C12H26B2O13P2. The molecule has 0 amide bonds. The van der Waals surface area contributed by atoms with Gasteiger partial charge < -0.3 is 34.2 Å². The lowest BCUT2D eigenvalue weighted by atomic mass is 9.93. The molecule has 4 N–H and O–H groups in total. The third-order valence-electron chi connectivity index (χ3n) is 4.62. The van der Waals surface area contributed by atoms with Crippen LogP contribution in [0, 0.1) is 0 Å². The van der Waals surface area contributed by atoms with Gasteiger partial charge in [0.25, 0.3) is 0 Å². The summed E-state index contributed by atoms with van der Waals surface area (Å²) in [6.07, 6.45) is -7.01. The van der Waals surface area contributed by atoms with Gasteiger partial charge in [0.15, 0.2) is 0 Å². The average molecular weight is 462 g/mol. The lowest BCUT2D eigenvalue weighted by Crippen LogP contribution is -2.38. The van der Waals surface area contributed by atoms with E-state index in [-0.39, 0.29) is 6.61 Å². The molecule has 0 aliphatic carbocycles. The zero-order valence-corrected chi connectivity index (χ0v) is 18.2. The summed E-state index contributed by atoms with van der Waals surface area (Å²) in [5.74, 6) is 0. The van der Waals surface area contributed by atoms with Gasteiger partial charge in [0, 0.05) is 14.2 Å². The quantitative estimate of drug-likeness (QED) is 0.188. The molecule has 0 aromatic carbocycles. The summed E-state index contributed by atoms with van der Waals surface area (Å²) < 4.78 is 58.9. The van der Waals surface area contributed by atoms with Crippen LogP contribution in [0.25, 0.3) is 0 Å². The molecule has 2 aliphatic heterocycles. The molecule has 17 heteroatoms. The third kappa shape index (κ3) is 6.56. The topological polar surface area (TPSA) is 180 Å². The van der Waals surface area contributed by atoms with E-state index in [1.807, 2.05) is 0 Å². The first kappa shape index (κ1) is 25.4. The minimum absolute atomic E-state index is 0.0141. The predicted molar refractivity (Wildman–Crippen MR) is 101 cm³/mol. The standard InChI is InChI=1S/C12H26B2O13P2/c1-21-3-5-9(7(15)11(13)24-5)27-29(19,20)23-4-6-10(8(16)12(14)25-6)26-28(17,18)22-2/h5-12,15-16H,3-4,13-14H2,1-2H3,(H,17,18)(H,19,20)/t5-,6-,7+,8+,9?,10?,11-,12-/m1/s1. The highest BCUT2D eigenvalue weighted by Gasteiger charge is 2.49. The van der Waals surface area contributed by atoms with E-state index in [0.717, 1.165) is 7.11 Å². The van der Waals surface area contributed by atoms with Crippen LogP contribution in [-0.2, 0) is 41.4 Å². The molecule has 0 saturated carbocycles. The average Bonchev–Trinajstić information content (AvgIpc) is 3.05. The van der Waals surface area contributed by atoms with Gasteiger partial charge in [-0.15, -0.1) is 0 Å². The largest absolute Gasteiger partial charge is 0.472 e. The number of phosphoric ester groups is 2. The van der Waals surface area contributed by atoms with Crippen molar-refractivity contribution in [2.24, 2.45) is 0 Å². The molecular weight excluding hydrogens is 436 g/mol. The van der Waals surface area contributed by atoms with E-state index in [1.165, 1.54) is 15.0 Å². The zero-order valence-electron chi connectivity index (χ0n) is 16.4. The second-order valence-electron chi connectivity index (χ2n) is 6.75. The van der Waals surface area contributed by atoms with Gasteiger partial charge >= 0.3 is 15.6 Å². The van der Waals surface area contributed by atoms with Crippen molar-refractivity contribution < 1.29 is 61.4 Å². The first-order chi connectivity index (χ1) is 13.4. The fourth-order valence-electron chi connectivity index (χ4n) is 3.08. The van der Waals surface area contributed by atoms with E-state index in [9.17, 15) is 29.1 Å². The molecule has 13 nitrogen and oxygen atoms in total. The molecule has 4 unspecified atom stereocenters. The summed E-state index contributed by atoms with van der Waals surface area (Å²) in [5.41, 5.74) is 0. The van der Waals surface area contributed by atoms with E-state index in [4.69, 9.17) is 27.8 Å². The maximum absolute atomic E-state index is 12.4. The van der Waals surface area contributed by atoms with Crippen LogP contribution in [0.15, 0.2) is 0 Å². The van der Waals surface area contributed by atoms with Crippen molar-refractivity contribution in [3.05, 3.63) is 0 Å². The normalized spacial score (nSPS) is 41.9. The fourth-order valence-corrected chi connectivity index (χ4v) is 4.70. The van der Waals surface area contributed by atoms with Crippen molar-refractivity contribution in [3.8, 4) is 0 Å². The first-order valence-corrected chi connectivity index (χ1v) is 11.8. The van der Waals surface area contributed by atoms with Crippen LogP contribution in [0.3, 0.4) is 0 Å². The molecule has 0 spiro atoms. The third-order valence-corrected chi connectivity index (χ3v) is 6.58. The Kier molecular flexibility index (Phi) is 8.92. The van der Waals surface area contributed by atoms with Crippen LogP contribution in [0.1, 0.15) is 0 Å². The lowest BCUT2D eigenvalue weighted by molar-refractivity contribution is -0.0373. The van der Waals surface area contributed by atoms with E-state index in [1.54, 1.807) is 7.85 Å². The van der Waals surface area contributed by atoms with Gasteiger partial charge in [-0.05, 0) is 0 Å². The monoisotopic (exact) mass is 462 g/mol. The number of hydrogen-bond donors (Lipinski definition) is 4. The minimum atomic E-state index is -4.72. The van der Waals surface area contributed by atoms with Gasteiger partial charge in [-0.1, -0.05) is 0 Å². The Morgan fingerprint density at radius 1 is 0.862 bits per heavy atom. The minimum Gasteiger partial charge on any atom is -0.388 e. The molecule has 168 valence electrons. The molecule has 2 heterocycles. The van der Waals surface area contributed by atoms with Crippen LogP contribution in [0.4, 0.5) is 0 Å². The van der Waals surface area contributed by atoms with E-state index in [2.05, 4.69) is 4.52 Å². The molecule has 0 aromatic heterocycles. The first-order valence-electron chi connectivity index (χ1n) is 8.79. The number of methoxy groups -OCH3 is 1. The van der Waals surface area contributed by atoms with E-state index < -0.39 is 70.9 Å². The summed E-state index contributed by atoms with van der Waals surface area (Å²) in [5, 5.41) is 20.2. The molecule has 29 heavy (non-hydrogen) atoms. The number of phosphoric acid groups is 2. The van der Waals surface area contributed by atoms with Crippen LogP contribution in [-0.4, -0.2) is 112 Å². The number of hydrogen-bond acceptors (Lipinski definition) is 11. The second-order valence-corrected chi connectivity index (χ2v) is 9.67. The van der Waals surface area contributed by atoms with Crippen molar-refractivity contribution in [3.63, 3.8) is 0 Å². The molecule has 2 aliphatic rings. The summed E-state index contributed by atoms with van der Waals surface area (Å²) >= 11 is 0. The van der Waals surface area contributed by atoms with Crippen LogP contribution in [0.5, 0.6) is 0 Å². The van der Waals surface area contributed by atoms with Gasteiger partial charge in [0.05, 0.1) is 25.2 Å². The van der Waals surface area contributed by atoms with Crippen molar-refractivity contribution >= 4 is 31.3 Å². The maximum atomic E-state index is 12.4. The van der Waals surface area contributed by atoms with E-state index in [0.29, 0.717) is 0 Å². The fraction of sp³-hybridized carbons (Fsp3) is 1.00. The highest BCUT2D eigenvalue weighted by Crippen LogP contribution is 2.49. The molecule has 2 fully saturated rings. The number of rotatable bonds is 10. The number of aliphatic hydroxyl groups excluding tert-OH is 2. The number of ether oxygens (including phenoxy) is 3. The van der Waals surface area contributed by atoms with Gasteiger partial charge in [-0.2, -0.15) is 0 Å². The maximum Gasteiger partial charge on any atom is 0.472 e. The Balaban J connectivity index is 2.00. The van der Waals surface area contributed by atoms with Crippen molar-refractivity contribution in [1.82, 2.24) is 0 Å². The number of aliphatic hydroxyl groups is 2. The van der Waals surface area contributed by atoms with Crippen LogP contribution in [0.2, 0.25) is 0 Å². The summed E-state index contributed by atoms with van der Waals surface area (Å²) in [4.78, 5) is 19.5. The molecule has 10 atom stereocenters. The molecule has 2 saturated heterocycles. The van der Waals surface area contributed by atoms with Gasteiger partial charge in [-0.25, -0.2) is 9.13 Å². The van der Waals surface area contributed by atoms with E-state index >= 15 is 0 Å². The summed E-state index contributed by atoms with van der Waals surface area (Å²) in [6.45, 7) is -0.599. The molecule has 0 aromatic rings. The van der Waals surface area contributed by atoms with Gasteiger partial charge in [0.1, 0.15) is 52.3 Å². The molecule has 2 rings (SSSR count). The van der Waals surface area contributed by atoms with Crippen molar-refractivity contribution in [1.29, 1.82) is 0 Å². The SMILES string of the molecule is B[C@@H]1O[C@H](COP(=O)(O)OC2[C@@H](COC)O[C@@H](B)[C@H]2O)C(OP(=O)(O)OC)[C@@H]1O. The van der Waals surface area contributed by atoms with Crippen molar-refractivity contribution in [2.45, 2.75) is 48.6 Å². The second kappa shape index (κ2) is 10.2. The Labute approximate surface area is 169 Å². The Bertz CT molecular complexity index is 641. The van der Waals surface area contributed by atoms with Gasteiger partial charge in [0.2, 0.25) is 0 Å². The highest BCUT2D eigenvalue weighted by molar-refractivity contribution is 7.47. The Morgan fingerprint density at radius 3 is 1.76 bits per heavy atom. The van der Waals surface area contributed by atoms with Crippen molar-refractivity contribution in [2.75, 3.05) is 27.4 Å². The van der Waals surface area contributed by atoms with Crippen LogP contribution >= 0.6 is 15.6 Å². The molecule has 0 bridgehead atoms. The Morgan fingerprint density at radius 2 is 1.31 bits per heavy atom. The smallest absolute Gasteiger partial charge is 0.388 e. The Hall–Kier alpha value is 0.150. The highest BCUT2D eigenvalue weighted by atomic mass is 31.2. The lowest BCUT2D eigenvalue weighted by Gasteiger charge is -2.25.